The van der Waals surface area contributed by atoms with Crippen molar-refractivity contribution in [2.45, 2.75) is 39.9 Å². The van der Waals surface area contributed by atoms with Crippen molar-refractivity contribution < 1.29 is 14.3 Å². The van der Waals surface area contributed by atoms with Gasteiger partial charge in [0.2, 0.25) is 0 Å². The molecule has 1 rings (SSSR count). The van der Waals surface area contributed by atoms with Gasteiger partial charge in [0.1, 0.15) is 0 Å². The normalized spacial score (nSPS) is 8.67. The second-order valence-corrected chi connectivity index (χ2v) is 4.80. The summed E-state index contributed by atoms with van der Waals surface area (Å²) in [6.45, 7) is 8.00. The predicted molar refractivity (Wildman–Crippen MR) is 92.1 cm³/mol. The number of benzene rings is 1. The van der Waals surface area contributed by atoms with E-state index in [1.807, 2.05) is 33.8 Å². The van der Waals surface area contributed by atoms with Crippen LogP contribution in [-0.2, 0) is 15.3 Å². The van der Waals surface area contributed by atoms with Crippen molar-refractivity contribution in [1.82, 2.24) is 0 Å². The molecule has 0 bridgehead atoms. The molecule has 0 aliphatic heterocycles. The van der Waals surface area contributed by atoms with Crippen LogP contribution in [0, 0.1) is 0 Å². The molecule has 0 fully saturated rings. The smallest absolute Gasteiger partial charge is 0.306 e. The lowest BCUT2D eigenvalue weighted by atomic mass is 10.2. The van der Waals surface area contributed by atoms with Crippen molar-refractivity contribution in [3.63, 3.8) is 0 Å². The molecule has 3 nitrogen and oxygen atoms in total. The number of thioether (sulfide) groups is 1. The maximum Gasteiger partial charge on any atom is 0.306 e. The molecule has 0 unspecified atom stereocenters. The van der Waals surface area contributed by atoms with E-state index in [2.05, 4.69) is 4.74 Å². The van der Waals surface area contributed by atoms with Gasteiger partial charge in [-0.1, -0.05) is 45.9 Å². The van der Waals surface area contributed by atoms with E-state index in [1.165, 1.54) is 7.11 Å². The van der Waals surface area contributed by atoms with Gasteiger partial charge in [-0.15, -0.1) is 0 Å². The van der Waals surface area contributed by atoms with Gasteiger partial charge in [-0.3, -0.25) is 9.59 Å². The van der Waals surface area contributed by atoms with Crippen LogP contribution < -0.4 is 0 Å². The zero-order chi connectivity index (χ0) is 16.7. The van der Waals surface area contributed by atoms with Gasteiger partial charge in [0.25, 0.3) is 5.24 Å². The van der Waals surface area contributed by atoms with Crippen LogP contribution in [0.1, 0.15) is 50.0 Å². The van der Waals surface area contributed by atoms with Crippen molar-refractivity contribution in [2.24, 2.45) is 0 Å². The van der Waals surface area contributed by atoms with E-state index in [4.69, 9.17) is 11.6 Å². The Morgan fingerprint density at radius 3 is 2.33 bits per heavy atom. The maximum atomic E-state index is 11.0. The van der Waals surface area contributed by atoms with E-state index in [1.54, 1.807) is 30.0 Å². The van der Waals surface area contributed by atoms with Gasteiger partial charge >= 0.3 is 5.97 Å². The lowest BCUT2D eigenvalue weighted by Crippen LogP contribution is -2.01. The topological polar surface area (TPSA) is 43.4 Å². The molecule has 0 saturated heterocycles. The van der Waals surface area contributed by atoms with Crippen LogP contribution in [0.15, 0.2) is 24.3 Å². The minimum atomic E-state index is -0.452. The summed E-state index contributed by atoms with van der Waals surface area (Å²) in [4.78, 5) is 21.8. The zero-order valence-electron chi connectivity index (χ0n) is 13.4. The highest BCUT2D eigenvalue weighted by Crippen LogP contribution is 2.15. The summed E-state index contributed by atoms with van der Waals surface area (Å²) in [5, 5.41) is -0.452. The highest BCUT2D eigenvalue weighted by Gasteiger charge is 2.03. The average Bonchev–Trinajstić information content (AvgIpc) is 2.55. The fraction of sp³-hybridized carbons (Fsp3) is 0.500. The van der Waals surface area contributed by atoms with E-state index in [0.717, 1.165) is 11.3 Å². The molecular formula is C16H25ClO3S. The first-order valence-corrected chi connectivity index (χ1v) is 8.60. The van der Waals surface area contributed by atoms with Crippen LogP contribution in [0.5, 0.6) is 0 Å². The van der Waals surface area contributed by atoms with Gasteiger partial charge in [-0.25, -0.2) is 0 Å². The number of esters is 1. The second-order valence-electron chi connectivity index (χ2n) is 3.35. The average molecular weight is 333 g/mol. The van der Waals surface area contributed by atoms with Crippen LogP contribution in [-0.4, -0.2) is 24.1 Å². The van der Waals surface area contributed by atoms with Crippen LogP contribution in [0.4, 0.5) is 0 Å². The second kappa shape index (κ2) is 15.4. The molecule has 0 aliphatic carbocycles. The minimum absolute atomic E-state index is 0.206. The lowest BCUT2D eigenvalue weighted by Gasteiger charge is -2.02. The largest absolute Gasteiger partial charge is 0.469 e. The first-order valence-electron chi connectivity index (χ1n) is 7.07. The van der Waals surface area contributed by atoms with E-state index < -0.39 is 5.24 Å². The summed E-state index contributed by atoms with van der Waals surface area (Å²) in [6, 6.07) is 7.17. The summed E-state index contributed by atoms with van der Waals surface area (Å²) < 4.78 is 4.54. The standard InChI is InChI=1S/C12H13ClO3S.2C2H6/c1-16-11(14)5-6-17-8-9-3-2-4-10(7-9)12(13)15;2*1-2/h2-4,7H,5-6,8H2,1H3;2*1-2H3. The van der Waals surface area contributed by atoms with Crippen LogP contribution in [0.2, 0.25) is 0 Å². The fourth-order valence-corrected chi connectivity index (χ4v) is 2.22. The third-order valence-electron chi connectivity index (χ3n) is 2.10. The van der Waals surface area contributed by atoms with E-state index in [9.17, 15) is 9.59 Å². The molecule has 0 aromatic heterocycles. The van der Waals surface area contributed by atoms with Gasteiger partial charge in [-0.2, -0.15) is 11.8 Å². The molecule has 5 heteroatoms. The van der Waals surface area contributed by atoms with Gasteiger partial charge in [0, 0.05) is 17.1 Å². The first-order chi connectivity index (χ1) is 10.1. The molecule has 0 radical (unpaired) electrons. The number of methoxy groups -OCH3 is 1. The maximum absolute atomic E-state index is 11.0. The van der Waals surface area contributed by atoms with Crippen LogP contribution in [0.3, 0.4) is 0 Å². The molecule has 0 N–H and O–H groups in total. The van der Waals surface area contributed by atoms with Crippen molar-refractivity contribution >= 4 is 34.6 Å². The number of halogens is 1. The van der Waals surface area contributed by atoms with Crippen LogP contribution in [0.25, 0.3) is 0 Å². The van der Waals surface area contributed by atoms with Gasteiger partial charge in [0.05, 0.1) is 13.5 Å². The van der Waals surface area contributed by atoms with Gasteiger partial charge < -0.3 is 4.74 Å². The molecule has 0 spiro atoms. The SMILES string of the molecule is CC.CC.COC(=O)CCSCc1cccc(C(=O)Cl)c1. The van der Waals surface area contributed by atoms with Crippen molar-refractivity contribution in [2.75, 3.05) is 12.9 Å². The van der Waals surface area contributed by atoms with Crippen LogP contribution >= 0.6 is 23.4 Å². The van der Waals surface area contributed by atoms with E-state index in [0.29, 0.717) is 17.7 Å². The first kappa shape index (κ1) is 22.3. The summed E-state index contributed by atoms with van der Waals surface area (Å²) in [5.74, 6) is 1.24. The van der Waals surface area contributed by atoms with Gasteiger partial charge in [0.15, 0.2) is 0 Å². The molecule has 21 heavy (non-hydrogen) atoms. The summed E-state index contributed by atoms with van der Waals surface area (Å²) in [7, 11) is 1.38. The number of carbonyl (C=O) groups is 2. The number of rotatable bonds is 6. The molecular weight excluding hydrogens is 308 g/mol. The Balaban J connectivity index is 0. The number of ether oxygens (including phenoxy) is 1. The number of carbonyl (C=O) groups excluding carboxylic acids is 2. The monoisotopic (exact) mass is 332 g/mol. The van der Waals surface area contributed by atoms with E-state index >= 15 is 0 Å². The Hall–Kier alpha value is -1.00. The Labute approximate surface area is 137 Å². The quantitative estimate of drug-likeness (QED) is 0.421. The third kappa shape index (κ3) is 11.3. The number of hydrogen-bond donors (Lipinski definition) is 0. The molecule has 0 atom stereocenters. The van der Waals surface area contributed by atoms with E-state index in [-0.39, 0.29) is 5.97 Å². The molecule has 120 valence electrons. The summed E-state index contributed by atoms with van der Waals surface area (Å²) in [6.07, 6.45) is 0.398. The number of hydrogen-bond acceptors (Lipinski definition) is 4. The molecule has 1 aromatic rings. The molecule has 0 saturated carbocycles. The molecule has 0 heterocycles. The molecule has 0 aliphatic rings. The molecule has 1 aromatic carbocycles. The Morgan fingerprint density at radius 1 is 1.19 bits per heavy atom. The third-order valence-corrected chi connectivity index (χ3v) is 3.35. The highest BCUT2D eigenvalue weighted by atomic mass is 35.5. The lowest BCUT2D eigenvalue weighted by molar-refractivity contribution is -0.140. The van der Waals surface area contributed by atoms with Crippen molar-refractivity contribution in [3.05, 3.63) is 35.4 Å². The van der Waals surface area contributed by atoms with Gasteiger partial charge in [-0.05, 0) is 23.2 Å². The summed E-state index contributed by atoms with van der Waals surface area (Å²) >= 11 is 7.01. The Morgan fingerprint density at radius 2 is 1.81 bits per heavy atom. The zero-order valence-corrected chi connectivity index (χ0v) is 15.0. The Kier molecular flexibility index (Phi) is 16.3. The molecule has 0 amide bonds. The minimum Gasteiger partial charge on any atom is -0.469 e. The highest BCUT2D eigenvalue weighted by molar-refractivity contribution is 7.98. The predicted octanol–water partition coefficient (Wildman–Crippen LogP) is 4.91. The van der Waals surface area contributed by atoms with Crippen molar-refractivity contribution in [3.8, 4) is 0 Å². The van der Waals surface area contributed by atoms with Crippen molar-refractivity contribution in [1.29, 1.82) is 0 Å². The fourth-order valence-electron chi connectivity index (χ4n) is 1.23. The summed E-state index contributed by atoms with van der Waals surface area (Å²) in [5.41, 5.74) is 1.52. The Bertz CT molecular complexity index is 408.